The molecule has 0 aliphatic heterocycles. The maximum atomic E-state index is 10.5. The van der Waals surface area contributed by atoms with Crippen LogP contribution < -0.4 is 11.5 Å². The van der Waals surface area contributed by atoms with Gasteiger partial charge in [0.25, 0.3) is 0 Å². The zero-order valence-electron chi connectivity index (χ0n) is 6.75. The third kappa shape index (κ3) is 2.89. The molecule has 3 nitrogen and oxygen atoms in total. The fraction of sp³-hybridized carbons (Fsp3) is 0.875. The van der Waals surface area contributed by atoms with Crippen LogP contribution in [0.1, 0.15) is 32.1 Å². The highest BCUT2D eigenvalue weighted by molar-refractivity contribution is 5.73. The number of hydrogen-bond acceptors (Lipinski definition) is 2. The Morgan fingerprint density at radius 2 is 1.82 bits per heavy atom. The summed E-state index contributed by atoms with van der Waals surface area (Å²) in [5.41, 5.74) is 10.8. The third-order valence-corrected chi connectivity index (χ3v) is 2.38. The van der Waals surface area contributed by atoms with E-state index >= 15 is 0 Å². The van der Waals surface area contributed by atoms with Crippen LogP contribution >= 0.6 is 0 Å². The molecule has 0 unspecified atom stereocenters. The van der Waals surface area contributed by atoms with E-state index in [0.29, 0.717) is 18.4 Å². The molecule has 1 aliphatic rings. The first-order valence-corrected chi connectivity index (χ1v) is 4.22. The Bertz CT molecular complexity index is 139. The summed E-state index contributed by atoms with van der Waals surface area (Å²) in [7, 11) is 0. The Hall–Kier alpha value is -0.570. The lowest BCUT2D eigenvalue weighted by molar-refractivity contribution is -0.119. The second kappa shape index (κ2) is 3.72. The minimum atomic E-state index is -0.175. The van der Waals surface area contributed by atoms with E-state index in [4.69, 9.17) is 11.5 Å². The predicted molar refractivity (Wildman–Crippen MR) is 43.7 cm³/mol. The minimum absolute atomic E-state index is 0.175. The van der Waals surface area contributed by atoms with Gasteiger partial charge in [0, 0.05) is 12.5 Å². The number of primary amides is 1. The topological polar surface area (TPSA) is 69.1 Å². The van der Waals surface area contributed by atoms with Gasteiger partial charge in [0.15, 0.2) is 0 Å². The van der Waals surface area contributed by atoms with E-state index in [1.54, 1.807) is 0 Å². The Morgan fingerprint density at radius 3 is 2.27 bits per heavy atom. The van der Waals surface area contributed by atoms with Crippen molar-refractivity contribution < 1.29 is 4.79 Å². The Labute approximate surface area is 67.1 Å². The van der Waals surface area contributed by atoms with E-state index in [9.17, 15) is 4.79 Å². The molecule has 0 radical (unpaired) electrons. The van der Waals surface area contributed by atoms with Gasteiger partial charge >= 0.3 is 0 Å². The van der Waals surface area contributed by atoms with Crippen molar-refractivity contribution in [3.8, 4) is 0 Å². The highest BCUT2D eigenvalue weighted by Gasteiger charge is 2.19. The molecule has 1 saturated carbocycles. The average Bonchev–Trinajstić information content (AvgIpc) is 1.93. The van der Waals surface area contributed by atoms with Crippen molar-refractivity contribution in [3.05, 3.63) is 0 Å². The van der Waals surface area contributed by atoms with Crippen LogP contribution in [0, 0.1) is 5.92 Å². The second-order valence-corrected chi connectivity index (χ2v) is 3.45. The van der Waals surface area contributed by atoms with Gasteiger partial charge in [-0.2, -0.15) is 0 Å². The quantitative estimate of drug-likeness (QED) is 0.606. The van der Waals surface area contributed by atoms with Gasteiger partial charge < -0.3 is 11.5 Å². The van der Waals surface area contributed by atoms with Crippen molar-refractivity contribution in [2.24, 2.45) is 17.4 Å². The van der Waals surface area contributed by atoms with Gasteiger partial charge in [-0.3, -0.25) is 4.79 Å². The van der Waals surface area contributed by atoms with E-state index in [1.807, 2.05) is 0 Å². The lowest BCUT2D eigenvalue weighted by atomic mass is 9.84. The summed E-state index contributed by atoms with van der Waals surface area (Å²) >= 11 is 0. The summed E-state index contributed by atoms with van der Waals surface area (Å²) in [6.07, 6.45) is 4.80. The minimum Gasteiger partial charge on any atom is -0.370 e. The van der Waals surface area contributed by atoms with Gasteiger partial charge in [-0.25, -0.2) is 0 Å². The number of carbonyl (C=O) groups is 1. The molecule has 0 saturated heterocycles. The summed E-state index contributed by atoms with van der Waals surface area (Å²) in [5.74, 6) is 0.331. The molecule has 1 amide bonds. The van der Waals surface area contributed by atoms with Crippen LogP contribution in [0.5, 0.6) is 0 Å². The highest BCUT2D eigenvalue weighted by atomic mass is 16.1. The molecule has 0 spiro atoms. The highest BCUT2D eigenvalue weighted by Crippen LogP contribution is 2.25. The lowest BCUT2D eigenvalue weighted by Crippen LogP contribution is -2.28. The van der Waals surface area contributed by atoms with Gasteiger partial charge in [-0.05, 0) is 31.6 Å². The van der Waals surface area contributed by atoms with Crippen molar-refractivity contribution >= 4 is 5.91 Å². The molecule has 4 N–H and O–H groups in total. The molecule has 0 aromatic carbocycles. The van der Waals surface area contributed by atoms with Gasteiger partial charge in [-0.1, -0.05) is 0 Å². The molecule has 11 heavy (non-hydrogen) atoms. The molecule has 0 aromatic heterocycles. The van der Waals surface area contributed by atoms with Crippen LogP contribution in [0.15, 0.2) is 0 Å². The summed E-state index contributed by atoms with van der Waals surface area (Å²) in [6, 6.07) is 0.360. The van der Waals surface area contributed by atoms with Crippen LogP contribution in [-0.2, 0) is 4.79 Å². The number of carbonyl (C=O) groups excluding carboxylic acids is 1. The Morgan fingerprint density at radius 1 is 1.27 bits per heavy atom. The van der Waals surface area contributed by atoms with Crippen molar-refractivity contribution in [2.45, 2.75) is 38.1 Å². The van der Waals surface area contributed by atoms with E-state index in [-0.39, 0.29) is 5.91 Å². The Kier molecular flexibility index (Phi) is 2.88. The largest absolute Gasteiger partial charge is 0.370 e. The summed E-state index contributed by atoms with van der Waals surface area (Å²) < 4.78 is 0. The predicted octanol–water partition coefficient (Wildman–Crippen LogP) is 0.379. The van der Waals surface area contributed by atoms with Crippen LogP contribution in [0.4, 0.5) is 0 Å². The van der Waals surface area contributed by atoms with Crippen LogP contribution in [0.25, 0.3) is 0 Å². The van der Waals surface area contributed by atoms with Crippen LogP contribution in [0.2, 0.25) is 0 Å². The second-order valence-electron chi connectivity index (χ2n) is 3.45. The first kappa shape index (κ1) is 8.53. The molecule has 0 aromatic rings. The Balaban J connectivity index is 2.22. The van der Waals surface area contributed by atoms with E-state index < -0.39 is 0 Å². The van der Waals surface area contributed by atoms with Crippen molar-refractivity contribution in [3.63, 3.8) is 0 Å². The normalized spacial score (nSPS) is 31.7. The number of hydrogen-bond donors (Lipinski definition) is 2. The first-order valence-electron chi connectivity index (χ1n) is 4.22. The fourth-order valence-corrected chi connectivity index (χ4v) is 1.68. The molecule has 0 bridgehead atoms. The van der Waals surface area contributed by atoms with E-state index in [1.165, 1.54) is 0 Å². The molecular weight excluding hydrogens is 140 g/mol. The smallest absolute Gasteiger partial charge is 0.217 e. The van der Waals surface area contributed by atoms with Gasteiger partial charge in [-0.15, -0.1) is 0 Å². The van der Waals surface area contributed by atoms with Crippen LogP contribution in [-0.4, -0.2) is 11.9 Å². The number of rotatable bonds is 2. The van der Waals surface area contributed by atoms with Gasteiger partial charge in [0.05, 0.1) is 0 Å². The zero-order chi connectivity index (χ0) is 8.27. The maximum Gasteiger partial charge on any atom is 0.217 e. The molecule has 3 heteroatoms. The van der Waals surface area contributed by atoms with Crippen molar-refractivity contribution in [1.29, 1.82) is 0 Å². The summed E-state index contributed by atoms with van der Waals surface area (Å²) in [5, 5.41) is 0. The fourth-order valence-electron chi connectivity index (χ4n) is 1.68. The molecule has 1 aliphatic carbocycles. The lowest BCUT2D eigenvalue weighted by Gasteiger charge is -2.24. The molecule has 1 rings (SSSR count). The molecule has 0 heterocycles. The number of amides is 1. The monoisotopic (exact) mass is 156 g/mol. The zero-order valence-corrected chi connectivity index (χ0v) is 6.75. The molecular formula is C8H16N2O. The van der Waals surface area contributed by atoms with Crippen molar-refractivity contribution in [2.75, 3.05) is 0 Å². The SMILES string of the molecule is NC(=O)C[C@H]1CC[C@H](N)CC1. The van der Waals surface area contributed by atoms with E-state index in [2.05, 4.69) is 0 Å². The number of nitrogens with two attached hydrogens (primary N) is 2. The standard InChI is InChI=1S/C8H16N2O/c9-7-3-1-6(2-4-7)5-8(10)11/h6-7H,1-5,9H2,(H2,10,11)/t6-,7-. The summed E-state index contributed by atoms with van der Waals surface area (Å²) in [6.45, 7) is 0. The van der Waals surface area contributed by atoms with Gasteiger partial charge in [0.1, 0.15) is 0 Å². The van der Waals surface area contributed by atoms with E-state index in [0.717, 1.165) is 25.7 Å². The molecule has 64 valence electrons. The first-order chi connectivity index (χ1) is 5.18. The third-order valence-electron chi connectivity index (χ3n) is 2.38. The molecule has 1 fully saturated rings. The van der Waals surface area contributed by atoms with Gasteiger partial charge in [0.2, 0.25) is 5.91 Å². The van der Waals surface area contributed by atoms with Crippen LogP contribution in [0.3, 0.4) is 0 Å². The average molecular weight is 156 g/mol. The van der Waals surface area contributed by atoms with Crippen molar-refractivity contribution in [1.82, 2.24) is 0 Å². The molecule has 0 atom stereocenters. The maximum absolute atomic E-state index is 10.5. The summed E-state index contributed by atoms with van der Waals surface area (Å²) in [4.78, 5) is 10.5.